The van der Waals surface area contributed by atoms with Gasteiger partial charge < -0.3 is 5.32 Å². The summed E-state index contributed by atoms with van der Waals surface area (Å²) in [5.41, 5.74) is 0.0544. The molecule has 2 saturated carbocycles. The normalized spacial score (nSPS) is 17.6. The topological polar surface area (TPSA) is 89.8 Å². The third-order valence-electron chi connectivity index (χ3n) is 5.10. The zero-order valence-electron chi connectivity index (χ0n) is 15.0. The van der Waals surface area contributed by atoms with E-state index in [2.05, 4.69) is 20.4 Å². The molecule has 0 radical (unpaired) electrons. The molecule has 1 N–H and O–H groups in total. The Hall–Kier alpha value is -2.69. The van der Waals surface area contributed by atoms with Gasteiger partial charge in [0.05, 0.1) is 33.9 Å². The molecule has 0 atom stereocenters. The molecule has 0 aliphatic heterocycles. The van der Waals surface area contributed by atoms with Crippen LogP contribution in [0.3, 0.4) is 0 Å². The van der Waals surface area contributed by atoms with Gasteiger partial charge in [-0.25, -0.2) is 18.4 Å². The fourth-order valence-electron chi connectivity index (χ4n) is 3.31. The number of nitrogens with one attached hydrogen (secondary N) is 1. The van der Waals surface area contributed by atoms with Gasteiger partial charge in [-0.2, -0.15) is 22.4 Å². The van der Waals surface area contributed by atoms with Gasteiger partial charge in [0.25, 0.3) is 10.0 Å². The summed E-state index contributed by atoms with van der Waals surface area (Å²) in [6.45, 7) is 0. The summed E-state index contributed by atoms with van der Waals surface area (Å²) < 4.78 is 65.8. The fourth-order valence-corrected chi connectivity index (χ4v) is 4.93. The molecular weight excluding hydrogens is 407 g/mol. The zero-order valence-corrected chi connectivity index (χ0v) is 15.8. The summed E-state index contributed by atoms with van der Waals surface area (Å²) in [7, 11) is -3.55. The van der Waals surface area contributed by atoms with Crippen LogP contribution >= 0.6 is 0 Å². The van der Waals surface area contributed by atoms with E-state index in [1.54, 1.807) is 18.2 Å². The summed E-state index contributed by atoms with van der Waals surface area (Å²) in [5.74, 6) is -0.178. The number of fused-ring (bicyclic) bond motifs is 1. The zero-order chi connectivity index (χ0) is 20.4. The van der Waals surface area contributed by atoms with Crippen molar-refractivity contribution in [2.45, 2.75) is 43.0 Å². The first-order valence-electron chi connectivity index (χ1n) is 9.17. The predicted molar refractivity (Wildman–Crippen MR) is 99.4 cm³/mol. The number of rotatable bonds is 5. The van der Waals surface area contributed by atoms with Crippen molar-refractivity contribution in [3.63, 3.8) is 0 Å². The van der Waals surface area contributed by atoms with Gasteiger partial charge in [-0.1, -0.05) is 6.07 Å². The van der Waals surface area contributed by atoms with Gasteiger partial charge >= 0.3 is 6.18 Å². The second-order valence-corrected chi connectivity index (χ2v) is 9.40. The highest BCUT2D eigenvalue weighted by Gasteiger charge is 2.40. The molecule has 2 fully saturated rings. The maximum Gasteiger partial charge on any atom is 0.419 e. The van der Waals surface area contributed by atoms with Crippen LogP contribution in [0, 0.1) is 0 Å². The average molecular weight is 423 g/mol. The lowest BCUT2D eigenvalue weighted by atomic mass is 10.1. The number of anilines is 2. The molecule has 2 heterocycles. The van der Waals surface area contributed by atoms with Crippen LogP contribution in [-0.4, -0.2) is 32.8 Å². The predicted octanol–water partition coefficient (Wildman–Crippen LogP) is 3.81. The number of benzene rings is 1. The molecule has 152 valence electrons. The maximum absolute atomic E-state index is 13.2. The summed E-state index contributed by atoms with van der Waals surface area (Å²) in [4.78, 5) is 7.93. The van der Waals surface area contributed by atoms with Crippen LogP contribution in [0.15, 0.2) is 30.6 Å². The van der Waals surface area contributed by atoms with E-state index >= 15 is 0 Å². The van der Waals surface area contributed by atoms with Crippen LogP contribution in [0.25, 0.3) is 10.9 Å². The van der Waals surface area contributed by atoms with E-state index in [1.807, 2.05) is 0 Å². The van der Waals surface area contributed by atoms with E-state index in [1.165, 1.54) is 6.20 Å². The Morgan fingerprint density at radius 1 is 1.10 bits per heavy atom. The highest BCUT2D eigenvalue weighted by atomic mass is 32.2. The fraction of sp³-hybridized carbons (Fsp3) is 0.389. The molecule has 2 aliphatic rings. The molecule has 29 heavy (non-hydrogen) atoms. The lowest BCUT2D eigenvalue weighted by molar-refractivity contribution is -0.138. The maximum atomic E-state index is 13.2. The van der Waals surface area contributed by atoms with E-state index in [-0.39, 0.29) is 17.6 Å². The first-order valence-corrected chi connectivity index (χ1v) is 10.7. The quantitative estimate of drug-likeness (QED) is 0.671. The summed E-state index contributed by atoms with van der Waals surface area (Å²) in [6.07, 6.45) is 0.278. The van der Waals surface area contributed by atoms with E-state index < -0.39 is 27.0 Å². The molecule has 0 saturated heterocycles. The summed E-state index contributed by atoms with van der Waals surface area (Å²) in [5, 5.41) is 7.06. The van der Waals surface area contributed by atoms with E-state index in [4.69, 9.17) is 0 Å². The van der Waals surface area contributed by atoms with Crippen molar-refractivity contribution in [3.8, 4) is 0 Å². The van der Waals surface area contributed by atoms with Crippen LogP contribution in [0.1, 0.15) is 42.9 Å². The number of hydrogen-bond acceptors (Lipinski definition) is 6. The highest BCUT2D eigenvalue weighted by Crippen LogP contribution is 2.45. The Balaban J connectivity index is 1.53. The lowest BCUT2D eigenvalue weighted by Crippen LogP contribution is -2.18. The van der Waals surface area contributed by atoms with Crippen molar-refractivity contribution in [1.29, 1.82) is 0 Å². The molecule has 0 bridgehead atoms. The molecule has 0 spiro atoms. The van der Waals surface area contributed by atoms with Gasteiger partial charge in [-0.05, 0) is 37.8 Å². The van der Waals surface area contributed by atoms with Crippen molar-refractivity contribution in [3.05, 3.63) is 41.9 Å². The molecule has 11 heteroatoms. The van der Waals surface area contributed by atoms with Crippen LogP contribution in [0.5, 0.6) is 0 Å². The number of hydrogen-bond donors (Lipinski definition) is 1. The minimum absolute atomic E-state index is 0.00539. The molecular formula is C18H16F3N5O2S. The van der Waals surface area contributed by atoms with Crippen molar-refractivity contribution < 1.29 is 21.6 Å². The number of aromatic nitrogens is 4. The minimum Gasteiger partial charge on any atom is -0.323 e. The SMILES string of the molecule is O=S(=O)(C1CC1)n1ncc2c(Nc3ncc(C(F)(F)F)c(C4CC4)n3)cccc21. The van der Waals surface area contributed by atoms with Gasteiger partial charge in [-0.3, -0.25) is 0 Å². The first-order chi connectivity index (χ1) is 13.7. The van der Waals surface area contributed by atoms with E-state index in [0.717, 1.165) is 10.3 Å². The molecule has 3 aromatic rings. The number of nitrogens with zero attached hydrogens (tertiary/aromatic N) is 4. The van der Waals surface area contributed by atoms with Crippen LogP contribution in [0.4, 0.5) is 24.8 Å². The third-order valence-corrected chi connectivity index (χ3v) is 7.19. The monoisotopic (exact) mass is 423 g/mol. The van der Waals surface area contributed by atoms with Crippen molar-refractivity contribution in [2.75, 3.05) is 5.32 Å². The largest absolute Gasteiger partial charge is 0.419 e. The molecule has 0 amide bonds. The number of alkyl halides is 3. The Kier molecular flexibility index (Phi) is 3.89. The average Bonchev–Trinajstić information content (AvgIpc) is 3.56. The second kappa shape index (κ2) is 6.15. The molecule has 0 unspecified atom stereocenters. The summed E-state index contributed by atoms with van der Waals surface area (Å²) in [6, 6.07) is 4.96. The summed E-state index contributed by atoms with van der Waals surface area (Å²) >= 11 is 0. The molecule has 2 aromatic heterocycles. The first kappa shape index (κ1) is 18.3. The number of halogens is 3. The highest BCUT2D eigenvalue weighted by molar-refractivity contribution is 7.90. The minimum atomic E-state index is -4.51. The van der Waals surface area contributed by atoms with Crippen LogP contribution in [-0.2, 0) is 16.2 Å². The Morgan fingerprint density at radius 2 is 1.86 bits per heavy atom. The molecule has 7 nitrogen and oxygen atoms in total. The third kappa shape index (κ3) is 3.22. The van der Waals surface area contributed by atoms with Gasteiger partial charge in [-0.15, -0.1) is 0 Å². The van der Waals surface area contributed by atoms with Gasteiger partial charge in [0, 0.05) is 17.5 Å². The Morgan fingerprint density at radius 3 is 2.52 bits per heavy atom. The van der Waals surface area contributed by atoms with Crippen molar-refractivity contribution >= 4 is 32.6 Å². The molecule has 2 aliphatic carbocycles. The van der Waals surface area contributed by atoms with Crippen LogP contribution < -0.4 is 5.32 Å². The molecule has 5 rings (SSSR count). The Labute approximate surface area is 164 Å². The molecule has 1 aromatic carbocycles. The van der Waals surface area contributed by atoms with Crippen molar-refractivity contribution in [1.82, 2.24) is 19.2 Å². The lowest BCUT2D eigenvalue weighted by Gasteiger charge is -2.13. The van der Waals surface area contributed by atoms with Gasteiger partial charge in [0.2, 0.25) is 5.95 Å². The van der Waals surface area contributed by atoms with Crippen molar-refractivity contribution in [2.24, 2.45) is 0 Å². The standard InChI is InChI=1S/C18H16F3N5O2S/c19-18(20,21)13-9-22-17(25-16(13)10-4-5-10)24-14-2-1-3-15-12(14)8-23-26(15)29(27,28)11-6-7-11/h1-3,8-11H,4-7H2,(H,22,24,25). The second-order valence-electron chi connectivity index (χ2n) is 7.36. The van der Waals surface area contributed by atoms with Crippen LogP contribution in [0.2, 0.25) is 0 Å². The smallest absolute Gasteiger partial charge is 0.323 e. The van der Waals surface area contributed by atoms with Gasteiger partial charge in [0.15, 0.2) is 0 Å². The van der Waals surface area contributed by atoms with E-state index in [9.17, 15) is 21.6 Å². The van der Waals surface area contributed by atoms with E-state index in [0.29, 0.717) is 42.3 Å². The van der Waals surface area contributed by atoms with Gasteiger partial charge in [0.1, 0.15) is 0 Å². The Bertz CT molecular complexity index is 1210.